The highest BCUT2D eigenvalue weighted by Gasteiger charge is 2.46. The number of amidine groups is 1. The van der Waals surface area contributed by atoms with Crippen LogP contribution in [-0.4, -0.2) is 17.6 Å². The van der Waals surface area contributed by atoms with Gasteiger partial charge in [0.25, 0.3) is 6.02 Å². The Kier molecular flexibility index (Phi) is 3.03. The third kappa shape index (κ3) is 2.03. The molecule has 0 amide bonds. The molecule has 1 atom stereocenters. The summed E-state index contributed by atoms with van der Waals surface area (Å²) in [6, 6.07) is 7.62. The van der Waals surface area contributed by atoms with E-state index in [1.807, 2.05) is 25.1 Å². The van der Waals surface area contributed by atoms with E-state index in [1.165, 1.54) is 0 Å². The van der Waals surface area contributed by atoms with Gasteiger partial charge < -0.3 is 20.9 Å². The molecule has 122 valence electrons. The molecule has 24 heavy (non-hydrogen) atoms. The van der Waals surface area contributed by atoms with Gasteiger partial charge in [0.2, 0.25) is 0 Å². The molecule has 0 aliphatic carbocycles. The normalized spacial score (nSPS) is 21.1. The number of aliphatic imine (C=N–C) groups is 1. The molecule has 6 heteroatoms. The fourth-order valence-electron chi connectivity index (χ4n) is 3.25. The van der Waals surface area contributed by atoms with Crippen molar-refractivity contribution in [2.45, 2.75) is 18.9 Å². The molecule has 1 aromatic heterocycles. The van der Waals surface area contributed by atoms with Crippen molar-refractivity contribution in [3.8, 4) is 11.5 Å². The number of rotatable bonds is 1. The number of ether oxygens (including phenoxy) is 2. The van der Waals surface area contributed by atoms with Gasteiger partial charge in [0, 0.05) is 29.8 Å². The van der Waals surface area contributed by atoms with E-state index in [1.54, 1.807) is 12.3 Å². The van der Waals surface area contributed by atoms with E-state index in [4.69, 9.17) is 20.9 Å². The van der Waals surface area contributed by atoms with Crippen LogP contribution < -0.4 is 16.2 Å². The highest BCUT2D eigenvalue weighted by Crippen LogP contribution is 2.52. The SMILES string of the molecule is C=C(C)c1cc2c(cn1)Oc1ccc(N)cc1[C@@]21CCN=C(N)O1. The molecule has 0 fully saturated rings. The van der Waals surface area contributed by atoms with Gasteiger partial charge >= 0.3 is 0 Å². The monoisotopic (exact) mass is 322 g/mol. The highest BCUT2D eigenvalue weighted by molar-refractivity contribution is 5.75. The number of anilines is 1. The molecule has 2 aliphatic heterocycles. The summed E-state index contributed by atoms with van der Waals surface area (Å²) in [4.78, 5) is 8.58. The molecule has 6 nitrogen and oxygen atoms in total. The van der Waals surface area contributed by atoms with Gasteiger partial charge in [-0.3, -0.25) is 4.98 Å². The highest BCUT2D eigenvalue weighted by atomic mass is 16.5. The number of benzene rings is 1. The Hall–Kier alpha value is -3.02. The fourth-order valence-corrected chi connectivity index (χ4v) is 3.25. The van der Waals surface area contributed by atoms with Crippen LogP contribution in [0.4, 0.5) is 5.69 Å². The standard InChI is InChI=1S/C18H18N4O2/c1-10(2)14-8-13-16(9-22-14)23-15-4-3-11(19)7-12(15)18(13)5-6-21-17(20)24-18/h3-4,7-9H,1,5-6,19H2,2H3,(H2,20,21)/t18-/m0/s1. The number of nitrogen functional groups attached to an aromatic ring is 1. The Bertz CT molecular complexity index is 891. The van der Waals surface area contributed by atoms with Crippen LogP contribution in [0, 0.1) is 0 Å². The first-order chi connectivity index (χ1) is 11.5. The van der Waals surface area contributed by atoms with Crippen molar-refractivity contribution in [2.75, 3.05) is 12.3 Å². The van der Waals surface area contributed by atoms with Gasteiger partial charge in [-0.25, -0.2) is 4.99 Å². The van der Waals surface area contributed by atoms with E-state index in [2.05, 4.69) is 16.6 Å². The molecule has 0 saturated heterocycles. The molecule has 0 saturated carbocycles. The van der Waals surface area contributed by atoms with Gasteiger partial charge in [-0.2, -0.15) is 0 Å². The average molecular weight is 322 g/mol. The maximum Gasteiger partial charge on any atom is 0.283 e. The lowest BCUT2D eigenvalue weighted by Gasteiger charge is -2.41. The van der Waals surface area contributed by atoms with Crippen LogP contribution in [0.15, 0.2) is 42.0 Å². The van der Waals surface area contributed by atoms with Crippen molar-refractivity contribution in [2.24, 2.45) is 10.7 Å². The number of hydrogen-bond acceptors (Lipinski definition) is 6. The van der Waals surface area contributed by atoms with Crippen LogP contribution in [0.1, 0.15) is 30.2 Å². The van der Waals surface area contributed by atoms with Crippen LogP contribution in [0.25, 0.3) is 5.57 Å². The summed E-state index contributed by atoms with van der Waals surface area (Å²) in [6.07, 6.45) is 2.34. The molecule has 4 rings (SSSR count). The van der Waals surface area contributed by atoms with E-state index in [0.29, 0.717) is 30.2 Å². The van der Waals surface area contributed by atoms with Crippen molar-refractivity contribution < 1.29 is 9.47 Å². The number of nitrogens with zero attached hydrogens (tertiary/aromatic N) is 2. The predicted molar refractivity (Wildman–Crippen MR) is 92.8 cm³/mol. The van der Waals surface area contributed by atoms with Crippen molar-refractivity contribution >= 4 is 17.3 Å². The smallest absolute Gasteiger partial charge is 0.283 e. The van der Waals surface area contributed by atoms with Crippen LogP contribution in [0.3, 0.4) is 0 Å². The zero-order chi connectivity index (χ0) is 16.9. The van der Waals surface area contributed by atoms with Crippen molar-refractivity contribution in [3.05, 3.63) is 53.9 Å². The van der Waals surface area contributed by atoms with E-state index in [-0.39, 0.29) is 6.02 Å². The fraction of sp³-hybridized carbons (Fsp3) is 0.222. The van der Waals surface area contributed by atoms with E-state index >= 15 is 0 Å². The number of nitrogens with two attached hydrogens (primary N) is 2. The minimum absolute atomic E-state index is 0.163. The second-order valence-corrected chi connectivity index (χ2v) is 6.10. The van der Waals surface area contributed by atoms with Gasteiger partial charge in [-0.1, -0.05) is 6.58 Å². The largest absolute Gasteiger partial charge is 0.455 e. The minimum Gasteiger partial charge on any atom is -0.455 e. The Labute approximate surface area is 139 Å². The van der Waals surface area contributed by atoms with E-state index in [0.717, 1.165) is 22.4 Å². The lowest BCUT2D eigenvalue weighted by Crippen LogP contribution is -2.42. The summed E-state index contributed by atoms with van der Waals surface area (Å²) in [6.45, 7) is 6.44. The number of fused-ring (bicyclic) bond motifs is 4. The van der Waals surface area contributed by atoms with Crippen LogP contribution in [-0.2, 0) is 10.3 Å². The van der Waals surface area contributed by atoms with Crippen molar-refractivity contribution in [3.63, 3.8) is 0 Å². The predicted octanol–water partition coefficient (Wildman–Crippen LogP) is 2.78. The number of aromatic nitrogens is 1. The maximum absolute atomic E-state index is 6.09. The van der Waals surface area contributed by atoms with Gasteiger partial charge in [-0.05, 0) is 36.8 Å². The Balaban J connectivity index is 2.00. The van der Waals surface area contributed by atoms with Gasteiger partial charge in [0.05, 0.1) is 11.9 Å². The summed E-state index contributed by atoms with van der Waals surface area (Å²) >= 11 is 0. The third-order valence-corrected chi connectivity index (χ3v) is 4.41. The zero-order valence-electron chi connectivity index (χ0n) is 13.4. The maximum atomic E-state index is 6.09. The second kappa shape index (κ2) is 4.99. The first kappa shape index (κ1) is 14.6. The Morgan fingerprint density at radius 3 is 2.75 bits per heavy atom. The van der Waals surface area contributed by atoms with E-state index < -0.39 is 5.60 Å². The molecule has 2 aromatic rings. The zero-order valence-corrected chi connectivity index (χ0v) is 13.4. The molecule has 1 aromatic carbocycles. The quantitative estimate of drug-likeness (QED) is 0.787. The minimum atomic E-state index is -0.780. The molecule has 1 spiro atoms. The van der Waals surface area contributed by atoms with Crippen LogP contribution >= 0.6 is 0 Å². The first-order valence-electron chi connectivity index (χ1n) is 7.73. The van der Waals surface area contributed by atoms with Crippen LogP contribution in [0.2, 0.25) is 0 Å². The molecule has 0 bridgehead atoms. The molecule has 4 N–H and O–H groups in total. The van der Waals surface area contributed by atoms with Gasteiger partial charge in [0.15, 0.2) is 11.4 Å². The lowest BCUT2D eigenvalue weighted by molar-refractivity contribution is 0.0635. The summed E-state index contributed by atoms with van der Waals surface area (Å²) < 4.78 is 12.1. The molecular weight excluding hydrogens is 304 g/mol. The molecular formula is C18H18N4O2. The van der Waals surface area contributed by atoms with Crippen molar-refractivity contribution in [1.29, 1.82) is 0 Å². The van der Waals surface area contributed by atoms with Crippen molar-refractivity contribution in [1.82, 2.24) is 4.98 Å². The third-order valence-electron chi connectivity index (χ3n) is 4.41. The lowest BCUT2D eigenvalue weighted by atomic mass is 9.80. The summed E-state index contributed by atoms with van der Waals surface area (Å²) in [5, 5.41) is 0. The summed E-state index contributed by atoms with van der Waals surface area (Å²) in [5.41, 5.74) is 15.1. The molecule has 2 aliphatic rings. The molecule has 0 radical (unpaired) electrons. The first-order valence-corrected chi connectivity index (χ1v) is 7.73. The summed E-state index contributed by atoms with van der Waals surface area (Å²) in [5.74, 6) is 1.34. The van der Waals surface area contributed by atoms with Gasteiger partial charge in [0.1, 0.15) is 5.75 Å². The average Bonchev–Trinajstić information content (AvgIpc) is 2.56. The number of allylic oxidation sites excluding steroid dienone is 1. The Morgan fingerprint density at radius 2 is 2.00 bits per heavy atom. The molecule has 0 unspecified atom stereocenters. The van der Waals surface area contributed by atoms with Gasteiger partial charge in [-0.15, -0.1) is 0 Å². The number of pyridine rings is 1. The van der Waals surface area contributed by atoms with Crippen LogP contribution in [0.5, 0.6) is 11.5 Å². The Morgan fingerprint density at radius 1 is 1.21 bits per heavy atom. The second-order valence-electron chi connectivity index (χ2n) is 6.10. The van der Waals surface area contributed by atoms with E-state index in [9.17, 15) is 0 Å². The molecule has 3 heterocycles. The summed E-state index contributed by atoms with van der Waals surface area (Å²) in [7, 11) is 0. The topological polar surface area (TPSA) is 95.8 Å². The number of hydrogen-bond donors (Lipinski definition) is 2.